The van der Waals surface area contributed by atoms with E-state index in [1.807, 2.05) is 0 Å². The minimum atomic E-state index is -0.649. The molecule has 8 nitrogen and oxygen atoms in total. The second kappa shape index (κ2) is 7.53. The third-order valence-electron chi connectivity index (χ3n) is 4.44. The highest BCUT2D eigenvalue weighted by molar-refractivity contribution is 6.32. The van der Waals surface area contributed by atoms with Crippen LogP contribution in [0.5, 0.6) is 0 Å². The number of nitrogens with zero attached hydrogens (tertiary/aromatic N) is 4. The molecular weight excluding hydrogens is 413 g/mol. The molecule has 3 aromatic carbocycles. The van der Waals surface area contributed by atoms with Gasteiger partial charge in [0.05, 0.1) is 10.6 Å². The van der Waals surface area contributed by atoms with Gasteiger partial charge in [0.25, 0.3) is 11.6 Å². The lowest BCUT2D eigenvalue weighted by Crippen LogP contribution is -2.13. The highest BCUT2D eigenvalue weighted by Crippen LogP contribution is 2.27. The maximum Gasteiger partial charge on any atom is 0.288 e. The molecule has 4 aromatic rings. The molecule has 0 atom stereocenters. The molecule has 0 saturated heterocycles. The van der Waals surface area contributed by atoms with Gasteiger partial charge in [0.1, 0.15) is 21.9 Å². The topological polar surface area (TPSA) is 103 Å². The predicted molar refractivity (Wildman–Crippen MR) is 110 cm³/mol. The van der Waals surface area contributed by atoms with Crippen molar-refractivity contribution < 1.29 is 14.1 Å². The summed E-state index contributed by atoms with van der Waals surface area (Å²) in [5.41, 5.74) is 2.66. The number of carbonyl (C=O) groups excluding carboxylic acids is 1. The summed E-state index contributed by atoms with van der Waals surface area (Å²) in [4.78, 5) is 24.4. The van der Waals surface area contributed by atoms with E-state index in [1.54, 1.807) is 31.2 Å². The van der Waals surface area contributed by atoms with Crippen LogP contribution in [-0.4, -0.2) is 25.8 Å². The Labute approximate surface area is 174 Å². The van der Waals surface area contributed by atoms with Gasteiger partial charge in [-0.2, -0.15) is 4.80 Å². The van der Waals surface area contributed by atoms with Crippen LogP contribution in [0.25, 0.3) is 16.7 Å². The smallest absolute Gasteiger partial charge is 0.288 e. The van der Waals surface area contributed by atoms with Crippen LogP contribution in [0.2, 0.25) is 5.02 Å². The summed E-state index contributed by atoms with van der Waals surface area (Å²) >= 11 is 5.80. The molecular formula is C20H13ClFN5O3. The molecule has 0 saturated carbocycles. The summed E-state index contributed by atoms with van der Waals surface area (Å²) in [6.07, 6.45) is 0. The Balaban J connectivity index is 1.65. The lowest BCUT2D eigenvalue weighted by molar-refractivity contribution is -0.384. The number of benzene rings is 3. The molecule has 10 heteroatoms. The van der Waals surface area contributed by atoms with Gasteiger partial charge in [-0.1, -0.05) is 11.6 Å². The van der Waals surface area contributed by atoms with E-state index in [1.165, 1.54) is 29.1 Å². The predicted octanol–water partition coefficient (Wildman–Crippen LogP) is 4.68. The van der Waals surface area contributed by atoms with Crippen molar-refractivity contribution in [2.75, 3.05) is 5.32 Å². The molecule has 0 unspecified atom stereocenters. The first-order chi connectivity index (χ1) is 14.3. The molecule has 150 valence electrons. The minimum absolute atomic E-state index is 0.0495. The summed E-state index contributed by atoms with van der Waals surface area (Å²) in [6.45, 7) is 1.79. The average Bonchev–Trinajstić information content (AvgIpc) is 3.11. The van der Waals surface area contributed by atoms with E-state index >= 15 is 0 Å². The van der Waals surface area contributed by atoms with Gasteiger partial charge in [0, 0.05) is 17.3 Å². The van der Waals surface area contributed by atoms with Gasteiger partial charge in [0.2, 0.25) is 0 Å². The minimum Gasteiger partial charge on any atom is -0.322 e. The molecule has 0 bridgehead atoms. The van der Waals surface area contributed by atoms with Crippen LogP contribution in [0.4, 0.5) is 15.8 Å². The molecule has 0 aliphatic heterocycles. The number of aromatic nitrogens is 3. The number of aryl methyl sites for hydroxylation is 1. The summed E-state index contributed by atoms with van der Waals surface area (Å²) < 4.78 is 13.1. The first-order valence-corrected chi connectivity index (χ1v) is 9.08. The van der Waals surface area contributed by atoms with E-state index in [4.69, 9.17) is 11.6 Å². The molecule has 1 N–H and O–H groups in total. The first kappa shape index (κ1) is 19.5. The van der Waals surface area contributed by atoms with Gasteiger partial charge in [-0.15, -0.1) is 10.2 Å². The number of fused-ring (bicyclic) bond motifs is 1. The first-order valence-electron chi connectivity index (χ1n) is 8.71. The van der Waals surface area contributed by atoms with Crippen molar-refractivity contribution in [2.45, 2.75) is 6.92 Å². The van der Waals surface area contributed by atoms with Crippen LogP contribution in [-0.2, 0) is 0 Å². The van der Waals surface area contributed by atoms with Crippen LogP contribution in [0, 0.1) is 22.9 Å². The molecule has 0 aliphatic rings. The van der Waals surface area contributed by atoms with Gasteiger partial charge < -0.3 is 5.32 Å². The summed E-state index contributed by atoms with van der Waals surface area (Å²) in [5, 5.41) is 22.5. The molecule has 1 heterocycles. The highest BCUT2D eigenvalue weighted by atomic mass is 35.5. The van der Waals surface area contributed by atoms with E-state index in [0.29, 0.717) is 22.4 Å². The number of carbonyl (C=O) groups is 1. The van der Waals surface area contributed by atoms with Gasteiger partial charge in [-0.3, -0.25) is 14.9 Å². The molecule has 30 heavy (non-hydrogen) atoms. The van der Waals surface area contributed by atoms with Crippen LogP contribution in [0.15, 0.2) is 54.6 Å². The zero-order valence-corrected chi connectivity index (χ0v) is 16.2. The Morgan fingerprint density at radius 3 is 2.43 bits per heavy atom. The summed E-state index contributed by atoms with van der Waals surface area (Å²) in [7, 11) is 0. The molecule has 0 spiro atoms. The third-order valence-corrected chi connectivity index (χ3v) is 4.76. The lowest BCUT2D eigenvalue weighted by Gasteiger charge is -2.08. The Hall–Kier alpha value is -3.85. The van der Waals surface area contributed by atoms with Crippen LogP contribution < -0.4 is 5.32 Å². The SMILES string of the molecule is Cc1cc2nn(-c3ccc(F)cc3)nc2cc1NC(=O)c1ccc(Cl)c([N+](=O)[O-])c1. The number of amides is 1. The number of hydrogen-bond donors (Lipinski definition) is 1. The van der Waals surface area contributed by atoms with E-state index in [9.17, 15) is 19.3 Å². The summed E-state index contributed by atoms with van der Waals surface area (Å²) in [6, 6.07) is 13.0. The molecule has 0 fully saturated rings. The second-order valence-electron chi connectivity index (χ2n) is 6.50. The molecule has 1 aromatic heterocycles. The normalized spacial score (nSPS) is 10.9. The van der Waals surface area contributed by atoms with Crippen molar-refractivity contribution in [3.63, 3.8) is 0 Å². The quantitative estimate of drug-likeness (QED) is 0.377. The van der Waals surface area contributed by atoms with Gasteiger partial charge in [-0.05, 0) is 61.0 Å². The monoisotopic (exact) mass is 425 g/mol. The molecule has 1 amide bonds. The highest BCUT2D eigenvalue weighted by Gasteiger charge is 2.17. The van der Waals surface area contributed by atoms with Crippen molar-refractivity contribution in [3.05, 3.63) is 86.7 Å². The van der Waals surface area contributed by atoms with Crippen molar-refractivity contribution in [2.24, 2.45) is 0 Å². The number of nitro benzene ring substituents is 1. The number of nitrogens with one attached hydrogen (secondary N) is 1. The van der Waals surface area contributed by atoms with Gasteiger partial charge in [0.15, 0.2) is 0 Å². The second-order valence-corrected chi connectivity index (χ2v) is 6.91. The van der Waals surface area contributed by atoms with Gasteiger partial charge in [-0.25, -0.2) is 4.39 Å². The Bertz CT molecular complexity index is 1300. The van der Waals surface area contributed by atoms with Crippen molar-refractivity contribution in [1.29, 1.82) is 0 Å². The zero-order chi connectivity index (χ0) is 21.4. The van der Waals surface area contributed by atoms with E-state index in [0.717, 1.165) is 11.6 Å². The molecule has 4 rings (SSSR count). The molecule has 0 aliphatic carbocycles. The summed E-state index contributed by atoms with van der Waals surface area (Å²) in [5.74, 6) is -0.887. The van der Waals surface area contributed by atoms with E-state index < -0.39 is 10.8 Å². The fourth-order valence-corrected chi connectivity index (χ4v) is 3.07. The zero-order valence-electron chi connectivity index (χ0n) is 15.5. The average molecular weight is 426 g/mol. The van der Waals surface area contributed by atoms with Crippen molar-refractivity contribution in [3.8, 4) is 5.69 Å². The number of anilines is 1. The fraction of sp³-hybridized carbons (Fsp3) is 0.0500. The third kappa shape index (κ3) is 3.70. The van der Waals surface area contributed by atoms with Crippen LogP contribution in [0.3, 0.4) is 0 Å². The Morgan fingerprint density at radius 1 is 1.10 bits per heavy atom. The maximum atomic E-state index is 13.1. The van der Waals surface area contributed by atoms with Gasteiger partial charge >= 0.3 is 0 Å². The fourth-order valence-electron chi connectivity index (χ4n) is 2.88. The lowest BCUT2D eigenvalue weighted by atomic mass is 10.1. The Kier molecular flexibility index (Phi) is 4.88. The molecule has 0 radical (unpaired) electrons. The van der Waals surface area contributed by atoms with Crippen LogP contribution in [0.1, 0.15) is 15.9 Å². The van der Waals surface area contributed by atoms with E-state index in [-0.39, 0.29) is 22.1 Å². The maximum absolute atomic E-state index is 13.1. The largest absolute Gasteiger partial charge is 0.322 e. The number of hydrogen-bond acceptors (Lipinski definition) is 5. The number of nitro groups is 1. The van der Waals surface area contributed by atoms with Crippen molar-refractivity contribution >= 4 is 39.9 Å². The Morgan fingerprint density at radius 2 is 1.77 bits per heavy atom. The van der Waals surface area contributed by atoms with E-state index in [2.05, 4.69) is 15.5 Å². The standard InChI is InChI=1S/C20H13ClFN5O3/c1-11-8-17-18(25-26(24-17)14-5-3-13(22)4-6-14)10-16(11)23-20(28)12-2-7-15(21)19(9-12)27(29)30/h2-10H,1H3,(H,23,28). The number of rotatable bonds is 4. The van der Waals surface area contributed by atoms with Crippen molar-refractivity contribution in [1.82, 2.24) is 15.0 Å². The van der Waals surface area contributed by atoms with Crippen LogP contribution >= 0.6 is 11.6 Å². The number of halogens is 2.